The number of thiazole rings is 1. The second kappa shape index (κ2) is 9.65. The van der Waals surface area contributed by atoms with E-state index in [9.17, 15) is 18.0 Å². The molecule has 10 heteroatoms. The molecule has 1 aliphatic heterocycles. The van der Waals surface area contributed by atoms with Crippen LogP contribution in [-0.4, -0.2) is 43.9 Å². The number of hydrogen-bond donors (Lipinski definition) is 2. The van der Waals surface area contributed by atoms with Gasteiger partial charge in [-0.3, -0.25) is 0 Å². The van der Waals surface area contributed by atoms with Crippen molar-refractivity contribution in [3.05, 3.63) is 39.8 Å². The van der Waals surface area contributed by atoms with E-state index < -0.39 is 17.8 Å². The number of nitrogens with one attached hydrogen (secondary N) is 2. The molecule has 2 aromatic rings. The molecule has 1 saturated heterocycles. The van der Waals surface area contributed by atoms with E-state index in [1.807, 2.05) is 10.3 Å². The number of rotatable bonds is 6. The fraction of sp³-hybridized carbons (Fsp3) is 0.500. The van der Waals surface area contributed by atoms with Gasteiger partial charge in [0.05, 0.1) is 35.2 Å². The molecule has 1 aromatic heterocycles. The van der Waals surface area contributed by atoms with Crippen molar-refractivity contribution < 1.29 is 22.7 Å². The molecule has 0 atom stereocenters. The Kier molecular flexibility index (Phi) is 7.19. The molecule has 1 aromatic carbocycles. The van der Waals surface area contributed by atoms with Crippen LogP contribution in [0.15, 0.2) is 23.6 Å². The van der Waals surface area contributed by atoms with Gasteiger partial charge >= 0.3 is 12.2 Å². The highest BCUT2D eigenvalue weighted by molar-refractivity contribution is 7.09. The Balaban J connectivity index is 1.61. The standard InChI is InChI=1S/C20H25F3N4O2S/c1-13(2)18-25-14(12-30-18)5-6-24-19(28)26-17-4-3-15(11-16(17)20(21,22)23)27-7-9-29-10-8-27/h3-4,11-13H,5-10H2,1-2H3,(H2,24,26,28). The average molecular weight is 443 g/mol. The number of halogens is 3. The van der Waals surface area contributed by atoms with E-state index in [2.05, 4.69) is 29.5 Å². The van der Waals surface area contributed by atoms with Gasteiger partial charge in [-0.2, -0.15) is 13.2 Å². The summed E-state index contributed by atoms with van der Waals surface area (Å²) >= 11 is 1.56. The molecule has 164 valence electrons. The summed E-state index contributed by atoms with van der Waals surface area (Å²) in [6.07, 6.45) is -4.07. The van der Waals surface area contributed by atoms with Crippen molar-refractivity contribution in [1.82, 2.24) is 10.3 Å². The van der Waals surface area contributed by atoms with E-state index in [-0.39, 0.29) is 12.2 Å². The molecule has 0 unspecified atom stereocenters. The van der Waals surface area contributed by atoms with Crippen LogP contribution < -0.4 is 15.5 Å². The van der Waals surface area contributed by atoms with Gasteiger partial charge in [-0.1, -0.05) is 13.8 Å². The Labute approximate surface area is 177 Å². The Morgan fingerprint density at radius 1 is 1.30 bits per heavy atom. The summed E-state index contributed by atoms with van der Waals surface area (Å²) in [5.74, 6) is 0.334. The molecule has 2 heterocycles. The number of amides is 2. The maximum absolute atomic E-state index is 13.6. The number of ether oxygens (including phenoxy) is 1. The van der Waals surface area contributed by atoms with Gasteiger partial charge in [0.15, 0.2) is 0 Å². The monoisotopic (exact) mass is 442 g/mol. The van der Waals surface area contributed by atoms with Crippen LogP contribution in [0.2, 0.25) is 0 Å². The molecule has 0 bridgehead atoms. The summed E-state index contributed by atoms with van der Waals surface area (Å²) in [7, 11) is 0. The lowest BCUT2D eigenvalue weighted by molar-refractivity contribution is -0.136. The fourth-order valence-electron chi connectivity index (χ4n) is 3.07. The quantitative estimate of drug-likeness (QED) is 0.692. The second-order valence-corrected chi connectivity index (χ2v) is 8.18. The Bertz CT molecular complexity index is 864. The van der Waals surface area contributed by atoms with E-state index in [0.29, 0.717) is 44.3 Å². The van der Waals surface area contributed by atoms with Gasteiger partial charge in [-0.05, 0) is 18.2 Å². The molecule has 1 aliphatic rings. The van der Waals surface area contributed by atoms with Crippen molar-refractivity contribution in [2.24, 2.45) is 0 Å². The minimum Gasteiger partial charge on any atom is -0.378 e. The summed E-state index contributed by atoms with van der Waals surface area (Å²) in [4.78, 5) is 18.5. The van der Waals surface area contributed by atoms with Crippen LogP contribution in [-0.2, 0) is 17.3 Å². The minimum absolute atomic E-state index is 0.271. The van der Waals surface area contributed by atoms with Crippen LogP contribution >= 0.6 is 11.3 Å². The first-order chi connectivity index (χ1) is 14.2. The highest BCUT2D eigenvalue weighted by Crippen LogP contribution is 2.37. The molecular weight excluding hydrogens is 417 g/mol. The largest absolute Gasteiger partial charge is 0.418 e. The SMILES string of the molecule is CC(C)c1nc(CCNC(=O)Nc2ccc(N3CCOCC3)cc2C(F)(F)F)cs1. The minimum atomic E-state index is -4.58. The number of urea groups is 1. The third kappa shape index (κ3) is 5.85. The third-order valence-electron chi connectivity index (χ3n) is 4.66. The predicted molar refractivity (Wildman–Crippen MR) is 111 cm³/mol. The van der Waals surface area contributed by atoms with Crippen LogP contribution in [0.3, 0.4) is 0 Å². The third-order valence-corrected chi connectivity index (χ3v) is 5.86. The summed E-state index contributed by atoms with van der Waals surface area (Å²) in [5.41, 5.74) is 0.173. The first-order valence-corrected chi connectivity index (χ1v) is 10.6. The molecule has 2 amide bonds. The van der Waals surface area contributed by atoms with Gasteiger partial charge in [0.2, 0.25) is 0 Å². The van der Waals surface area contributed by atoms with Crippen molar-refractivity contribution in [2.75, 3.05) is 43.1 Å². The smallest absolute Gasteiger partial charge is 0.378 e. The lowest BCUT2D eigenvalue weighted by Gasteiger charge is -2.29. The molecule has 1 fully saturated rings. The summed E-state index contributed by atoms with van der Waals surface area (Å²) in [6, 6.07) is 3.27. The molecule has 0 radical (unpaired) electrons. The van der Waals surface area contributed by atoms with Gasteiger partial charge in [-0.15, -0.1) is 11.3 Å². The Morgan fingerprint density at radius 3 is 2.67 bits per heavy atom. The number of morpholine rings is 1. The second-order valence-electron chi connectivity index (χ2n) is 7.29. The zero-order valence-electron chi connectivity index (χ0n) is 16.9. The van der Waals surface area contributed by atoms with E-state index in [4.69, 9.17) is 4.74 Å². The van der Waals surface area contributed by atoms with Gasteiger partial charge in [0, 0.05) is 43.0 Å². The molecule has 2 N–H and O–H groups in total. The molecule has 0 saturated carbocycles. The first kappa shape index (κ1) is 22.4. The van der Waals surface area contributed by atoms with Crippen molar-refractivity contribution in [3.8, 4) is 0 Å². The topological polar surface area (TPSA) is 66.5 Å². The van der Waals surface area contributed by atoms with Gasteiger partial charge in [0.25, 0.3) is 0 Å². The zero-order valence-corrected chi connectivity index (χ0v) is 17.7. The summed E-state index contributed by atoms with van der Waals surface area (Å²) in [5, 5.41) is 7.87. The van der Waals surface area contributed by atoms with E-state index in [1.54, 1.807) is 17.4 Å². The van der Waals surface area contributed by atoms with Crippen LogP contribution in [0.25, 0.3) is 0 Å². The molecule has 0 aliphatic carbocycles. The van der Waals surface area contributed by atoms with Crippen LogP contribution in [0.4, 0.5) is 29.3 Å². The van der Waals surface area contributed by atoms with Crippen molar-refractivity contribution in [2.45, 2.75) is 32.4 Å². The molecular formula is C20H25F3N4O2S. The Hall–Kier alpha value is -2.33. The number of nitrogens with zero attached hydrogens (tertiary/aromatic N) is 2. The zero-order chi connectivity index (χ0) is 21.7. The van der Waals surface area contributed by atoms with Crippen LogP contribution in [0, 0.1) is 0 Å². The van der Waals surface area contributed by atoms with E-state index >= 15 is 0 Å². The molecule has 0 spiro atoms. The number of carbonyl (C=O) groups excluding carboxylic acids is 1. The number of benzene rings is 1. The van der Waals surface area contributed by atoms with Gasteiger partial charge in [-0.25, -0.2) is 9.78 Å². The van der Waals surface area contributed by atoms with Gasteiger partial charge < -0.3 is 20.3 Å². The number of carbonyl (C=O) groups is 1. The lowest BCUT2D eigenvalue weighted by atomic mass is 10.1. The molecule has 30 heavy (non-hydrogen) atoms. The normalized spacial score (nSPS) is 14.8. The lowest BCUT2D eigenvalue weighted by Crippen LogP contribution is -2.36. The van der Waals surface area contributed by atoms with Crippen molar-refractivity contribution in [3.63, 3.8) is 0 Å². The van der Waals surface area contributed by atoms with Gasteiger partial charge in [0.1, 0.15) is 0 Å². The average Bonchev–Trinajstić information content (AvgIpc) is 3.17. The van der Waals surface area contributed by atoms with E-state index in [0.717, 1.165) is 16.8 Å². The number of hydrogen-bond acceptors (Lipinski definition) is 5. The molecule has 3 rings (SSSR count). The molecule has 6 nitrogen and oxygen atoms in total. The number of aromatic nitrogens is 1. The summed E-state index contributed by atoms with van der Waals surface area (Å²) < 4.78 is 45.9. The fourth-order valence-corrected chi connectivity index (χ4v) is 3.94. The maximum atomic E-state index is 13.6. The highest BCUT2D eigenvalue weighted by atomic mass is 32.1. The van der Waals surface area contributed by atoms with Crippen molar-refractivity contribution in [1.29, 1.82) is 0 Å². The number of alkyl halides is 3. The maximum Gasteiger partial charge on any atom is 0.418 e. The first-order valence-electron chi connectivity index (χ1n) is 9.77. The number of anilines is 2. The van der Waals surface area contributed by atoms with Crippen molar-refractivity contribution >= 4 is 28.7 Å². The van der Waals surface area contributed by atoms with E-state index in [1.165, 1.54) is 6.07 Å². The van der Waals surface area contributed by atoms with Crippen LogP contribution in [0.1, 0.15) is 36.0 Å². The Morgan fingerprint density at radius 2 is 2.03 bits per heavy atom. The van der Waals surface area contributed by atoms with Crippen LogP contribution in [0.5, 0.6) is 0 Å². The predicted octanol–water partition coefficient (Wildman–Crippen LogP) is 4.49. The highest BCUT2D eigenvalue weighted by Gasteiger charge is 2.34. The summed E-state index contributed by atoms with van der Waals surface area (Å²) in [6.45, 7) is 6.39.